The predicted molar refractivity (Wildman–Crippen MR) is 161 cm³/mol. The van der Waals surface area contributed by atoms with Crippen molar-refractivity contribution in [1.82, 2.24) is 34.4 Å². The van der Waals surface area contributed by atoms with E-state index in [0.29, 0.717) is 36.3 Å². The first-order valence-electron chi connectivity index (χ1n) is 15.1. The first-order valence-corrected chi connectivity index (χ1v) is 15.1. The van der Waals surface area contributed by atoms with Crippen LogP contribution in [0.3, 0.4) is 0 Å². The minimum atomic E-state index is -1.23. The molecular formula is C30H42N8O6. The molecule has 2 fully saturated rings. The van der Waals surface area contributed by atoms with Crippen molar-refractivity contribution in [3.63, 3.8) is 0 Å². The van der Waals surface area contributed by atoms with Gasteiger partial charge in [-0.3, -0.25) is 9.47 Å². The Morgan fingerprint density at radius 2 is 1.93 bits per heavy atom. The first-order chi connectivity index (χ1) is 21.0. The monoisotopic (exact) mass is 610 g/mol. The summed E-state index contributed by atoms with van der Waals surface area (Å²) in [4.78, 5) is 22.5. The molecule has 0 amide bonds. The number of imidazole rings is 2. The summed E-state index contributed by atoms with van der Waals surface area (Å²) in [6, 6.07) is 5.74. The average molecular weight is 611 g/mol. The van der Waals surface area contributed by atoms with E-state index in [2.05, 4.69) is 29.8 Å². The number of aromatic amines is 1. The summed E-state index contributed by atoms with van der Waals surface area (Å²) >= 11 is 0. The maximum atomic E-state index is 11.1. The van der Waals surface area contributed by atoms with Gasteiger partial charge in [-0.25, -0.2) is 19.9 Å². The molecular weight excluding hydrogens is 568 g/mol. The van der Waals surface area contributed by atoms with Crippen molar-refractivity contribution in [2.75, 3.05) is 25.5 Å². The SMILES string of the molecule is CC(CO)N(CC1OC(n2cnc3c(N)ncnc32)C(O)C1O)C1CC(C(O)Cc2nc3ccc(C(C)(C)CO)cc3[nH]2)C1. The van der Waals surface area contributed by atoms with E-state index < -0.39 is 30.6 Å². The molecule has 4 aromatic rings. The number of anilines is 1. The zero-order valence-corrected chi connectivity index (χ0v) is 25.2. The molecule has 6 unspecified atom stereocenters. The van der Waals surface area contributed by atoms with Gasteiger partial charge in [0, 0.05) is 30.5 Å². The van der Waals surface area contributed by atoms with Gasteiger partial charge in [0.1, 0.15) is 36.0 Å². The van der Waals surface area contributed by atoms with Gasteiger partial charge in [-0.05, 0) is 43.4 Å². The lowest BCUT2D eigenvalue weighted by Crippen LogP contribution is -2.55. The van der Waals surface area contributed by atoms with Gasteiger partial charge < -0.3 is 41.0 Å². The van der Waals surface area contributed by atoms with Gasteiger partial charge in [0.05, 0.1) is 36.7 Å². The molecule has 4 heterocycles. The summed E-state index contributed by atoms with van der Waals surface area (Å²) in [5.74, 6) is 0.956. The molecule has 1 aromatic carbocycles. The Balaban J connectivity index is 1.09. The number of benzene rings is 1. The van der Waals surface area contributed by atoms with Crippen LogP contribution in [0, 0.1) is 5.92 Å². The van der Waals surface area contributed by atoms with Crippen LogP contribution in [0.1, 0.15) is 51.2 Å². The van der Waals surface area contributed by atoms with Crippen molar-refractivity contribution >= 4 is 28.0 Å². The Labute approximate surface area is 254 Å². The number of rotatable bonds is 11. The van der Waals surface area contributed by atoms with Gasteiger partial charge in [0.2, 0.25) is 0 Å². The molecule has 1 saturated heterocycles. The lowest BCUT2D eigenvalue weighted by molar-refractivity contribution is -0.0776. The fourth-order valence-corrected chi connectivity index (χ4v) is 6.42. The Kier molecular flexibility index (Phi) is 8.34. The van der Waals surface area contributed by atoms with E-state index >= 15 is 0 Å². The zero-order valence-electron chi connectivity index (χ0n) is 25.2. The summed E-state index contributed by atoms with van der Waals surface area (Å²) in [7, 11) is 0. The van der Waals surface area contributed by atoms with Gasteiger partial charge in [0.25, 0.3) is 0 Å². The molecule has 8 N–H and O–H groups in total. The van der Waals surface area contributed by atoms with Crippen molar-refractivity contribution in [2.45, 2.75) is 88.2 Å². The molecule has 1 aliphatic heterocycles. The van der Waals surface area contributed by atoms with E-state index in [-0.39, 0.29) is 49.0 Å². The van der Waals surface area contributed by atoms with Crippen molar-refractivity contribution in [3.8, 4) is 0 Å². The number of fused-ring (bicyclic) bond motifs is 2. The Hall–Kier alpha value is -3.24. The van der Waals surface area contributed by atoms with Crippen LogP contribution in [-0.4, -0.2) is 116 Å². The van der Waals surface area contributed by atoms with E-state index in [0.717, 1.165) is 16.6 Å². The molecule has 6 rings (SSSR count). The Morgan fingerprint density at radius 1 is 1.16 bits per heavy atom. The van der Waals surface area contributed by atoms with Gasteiger partial charge in [-0.1, -0.05) is 19.9 Å². The quantitative estimate of drug-likeness (QED) is 0.122. The zero-order chi connectivity index (χ0) is 31.3. The number of hydrogen-bond acceptors (Lipinski definition) is 12. The van der Waals surface area contributed by atoms with Crippen LogP contribution in [0.5, 0.6) is 0 Å². The predicted octanol–water partition coefficient (Wildman–Crippen LogP) is 0.239. The minimum absolute atomic E-state index is 0.0344. The van der Waals surface area contributed by atoms with Crippen LogP contribution in [0.2, 0.25) is 0 Å². The summed E-state index contributed by atoms with van der Waals surface area (Å²) in [5, 5.41) is 52.7. The highest BCUT2D eigenvalue weighted by atomic mass is 16.6. The number of H-pyrrole nitrogens is 1. The number of nitrogens with one attached hydrogen (secondary N) is 1. The summed E-state index contributed by atoms with van der Waals surface area (Å²) < 4.78 is 7.71. The molecule has 0 bridgehead atoms. The summed E-state index contributed by atoms with van der Waals surface area (Å²) in [6.07, 6.45) is -0.112. The van der Waals surface area contributed by atoms with Crippen LogP contribution in [0.4, 0.5) is 5.82 Å². The third-order valence-electron chi connectivity index (χ3n) is 9.49. The second kappa shape index (κ2) is 11.9. The molecule has 238 valence electrons. The molecule has 14 heteroatoms. The topological polar surface area (TPSA) is 212 Å². The van der Waals surface area contributed by atoms with E-state index in [1.807, 2.05) is 39.0 Å². The van der Waals surface area contributed by atoms with Gasteiger partial charge in [0.15, 0.2) is 17.7 Å². The normalized spacial score (nSPS) is 27.3. The lowest BCUT2D eigenvalue weighted by atomic mass is 9.74. The van der Waals surface area contributed by atoms with Crippen LogP contribution in [-0.2, 0) is 16.6 Å². The molecule has 14 nitrogen and oxygen atoms in total. The number of hydrogen-bond donors (Lipinski definition) is 7. The van der Waals surface area contributed by atoms with E-state index in [9.17, 15) is 25.5 Å². The maximum Gasteiger partial charge on any atom is 0.167 e. The Bertz CT molecular complexity index is 1600. The second-order valence-electron chi connectivity index (χ2n) is 13.0. The highest BCUT2D eigenvalue weighted by molar-refractivity contribution is 5.81. The van der Waals surface area contributed by atoms with E-state index in [4.69, 9.17) is 10.5 Å². The van der Waals surface area contributed by atoms with E-state index in [1.165, 1.54) is 12.7 Å². The van der Waals surface area contributed by atoms with Crippen molar-refractivity contribution < 1.29 is 30.3 Å². The number of ether oxygens (including phenoxy) is 1. The number of aliphatic hydroxyl groups is 5. The van der Waals surface area contributed by atoms with E-state index in [1.54, 1.807) is 4.57 Å². The minimum Gasteiger partial charge on any atom is -0.395 e. The highest BCUT2D eigenvalue weighted by Crippen LogP contribution is 2.39. The number of aliphatic hydroxyl groups excluding tert-OH is 5. The fourth-order valence-electron chi connectivity index (χ4n) is 6.42. The number of nitrogen functional groups attached to an aromatic ring is 1. The van der Waals surface area contributed by atoms with Crippen molar-refractivity contribution in [3.05, 3.63) is 42.2 Å². The molecule has 6 atom stereocenters. The average Bonchev–Trinajstić information content (AvgIpc) is 3.67. The molecule has 44 heavy (non-hydrogen) atoms. The molecule has 0 spiro atoms. The van der Waals surface area contributed by atoms with Crippen LogP contribution in [0.15, 0.2) is 30.9 Å². The number of nitrogens with zero attached hydrogens (tertiary/aromatic N) is 6. The Morgan fingerprint density at radius 3 is 2.66 bits per heavy atom. The van der Waals surface area contributed by atoms with Crippen molar-refractivity contribution in [2.24, 2.45) is 5.92 Å². The standard InChI is InChI=1S/C30H42N8O6/c1-15(11-39)37(10-22-25(42)26(43)29(44-22)38-14-34-24-27(31)32-13-33-28(24)38)18-6-16(7-18)21(41)9-23-35-19-5-4-17(8-20(19)36-23)30(2,3)12-40/h4-5,8,13-16,18,21-22,25-26,29,39-43H,6-7,9-12H2,1-3H3,(H,35,36)(H2,31,32,33). The number of nitrogens with two attached hydrogens (primary N) is 1. The van der Waals surface area contributed by atoms with Gasteiger partial charge in [-0.15, -0.1) is 0 Å². The summed E-state index contributed by atoms with van der Waals surface area (Å²) in [5.41, 5.74) is 9.01. The second-order valence-corrected chi connectivity index (χ2v) is 13.0. The molecule has 0 radical (unpaired) electrons. The smallest absolute Gasteiger partial charge is 0.167 e. The number of aromatic nitrogens is 6. The third-order valence-corrected chi connectivity index (χ3v) is 9.49. The largest absolute Gasteiger partial charge is 0.395 e. The lowest BCUT2D eigenvalue weighted by Gasteiger charge is -2.47. The summed E-state index contributed by atoms with van der Waals surface area (Å²) in [6.45, 7) is 6.10. The molecule has 2 aliphatic rings. The van der Waals surface area contributed by atoms with Gasteiger partial charge >= 0.3 is 0 Å². The van der Waals surface area contributed by atoms with Crippen molar-refractivity contribution in [1.29, 1.82) is 0 Å². The van der Waals surface area contributed by atoms with Gasteiger partial charge in [-0.2, -0.15) is 0 Å². The fraction of sp³-hybridized carbons (Fsp3) is 0.600. The molecule has 1 aliphatic carbocycles. The van der Waals surface area contributed by atoms with Crippen LogP contribution in [0.25, 0.3) is 22.2 Å². The molecule has 1 saturated carbocycles. The van der Waals surface area contributed by atoms with Crippen LogP contribution >= 0.6 is 0 Å². The third kappa shape index (κ3) is 5.55. The van der Waals surface area contributed by atoms with Crippen LogP contribution < -0.4 is 5.73 Å². The maximum absolute atomic E-state index is 11.1. The highest BCUT2D eigenvalue weighted by Gasteiger charge is 2.47. The first kappa shape index (κ1) is 30.8. The molecule has 3 aromatic heterocycles.